The molecule has 0 aliphatic carbocycles. The summed E-state index contributed by atoms with van der Waals surface area (Å²) < 4.78 is 6.29. The maximum atomic E-state index is 11.9. The molecule has 2 heterocycles. The summed E-state index contributed by atoms with van der Waals surface area (Å²) in [5.41, 5.74) is 0.873. The van der Waals surface area contributed by atoms with Gasteiger partial charge in [0.05, 0.1) is 5.52 Å². The summed E-state index contributed by atoms with van der Waals surface area (Å²) >= 11 is 7.13. The number of nitrogens with zero attached hydrogens (tertiary/aromatic N) is 2. The highest BCUT2D eigenvalue weighted by atomic mass is 35.5. The SMILES string of the molecule is O=C(Cn1c(=O)oc2cc(Cl)ccc21)Nc1nccs1. The molecular weight excluding hydrogens is 302 g/mol. The van der Waals surface area contributed by atoms with Gasteiger partial charge in [0.2, 0.25) is 5.91 Å². The quantitative estimate of drug-likeness (QED) is 0.805. The Labute approximate surface area is 121 Å². The first-order valence-electron chi connectivity index (χ1n) is 5.62. The number of thiazole rings is 1. The Kier molecular flexibility index (Phi) is 3.29. The Bertz CT molecular complexity index is 822. The molecule has 0 unspecified atom stereocenters. The van der Waals surface area contributed by atoms with Crippen LogP contribution in [0.1, 0.15) is 0 Å². The van der Waals surface area contributed by atoms with Crippen LogP contribution in [0.4, 0.5) is 5.13 Å². The van der Waals surface area contributed by atoms with Gasteiger partial charge in [0.25, 0.3) is 0 Å². The second kappa shape index (κ2) is 5.10. The van der Waals surface area contributed by atoms with Crippen molar-refractivity contribution in [2.75, 3.05) is 5.32 Å². The van der Waals surface area contributed by atoms with Crippen molar-refractivity contribution in [1.29, 1.82) is 0 Å². The average molecular weight is 310 g/mol. The van der Waals surface area contributed by atoms with E-state index in [-0.39, 0.29) is 12.5 Å². The van der Waals surface area contributed by atoms with Gasteiger partial charge < -0.3 is 9.73 Å². The zero-order valence-electron chi connectivity index (χ0n) is 10.00. The normalized spacial score (nSPS) is 10.8. The van der Waals surface area contributed by atoms with Crippen molar-refractivity contribution in [2.45, 2.75) is 6.54 Å². The lowest BCUT2D eigenvalue weighted by molar-refractivity contribution is -0.116. The molecule has 6 nitrogen and oxygen atoms in total. The number of fused-ring (bicyclic) bond motifs is 1. The second-order valence-corrected chi connectivity index (χ2v) is 5.28. The Hall–Kier alpha value is -2.12. The third-order valence-electron chi connectivity index (χ3n) is 2.61. The number of nitrogens with one attached hydrogen (secondary N) is 1. The molecule has 0 saturated heterocycles. The number of carbonyl (C=O) groups excluding carboxylic acids is 1. The van der Waals surface area contributed by atoms with Gasteiger partial charge in [0.15, 0.2) is 10.7 Å². The summed E-state index contributed by atoms with van der Waals surface area (Å²) in [4.78, 5) is 27.6. The van der Waals surface area contributed by atoms with Gasteiger partial charge in [-0.05, 0) is 12.1 Å². The lowest BCUT2D eigenvalue weighted by Gasteiger charge is -2.02. The van der Waals surface area contributed by atoms with Crippen molar-refractivity contribution in [3.8, 4) is 0 Å². The van der Waals surface area contributed by atoms with Crippen LogP contribution in [-0.2, 0) is 11.3 Å². The van der Waals surface area contributed by atoms with E-state index < -0.39 is 5.76 Å². The average Bonchev–Trinajstić information content (AvgIpc) is 2.98. The summed E-state index contributed by atoms with van der Waals surface area (Å²) in [6.45, 7) is -0.146. The first-order chi connectivity index (χ1) is 9.63. The molecule has 0 bridgehead atoms. The fraction of sp³-hybridized carbons (Fsp3) is 0.0833. The minimum absolute atomic E-state index is 0.146. The van der Waals surface area contributed by atoms with E-state index in [0.29, 0.717) is 21.3 Å². The smallest absolute Gasteiger partial charge is 0.408 e. The summed E-state index contributed by atoms with van der Waals surface area (Å²) in [5.74, 6) is -0.948. The number of amides is 1. The molecule has 0 fully saturated rings. The number of rotatable bonds is 3. The summed E-state index contributed by atoms with van der Waals surface area (Å²) in [7, 11) is 0. The Morgan fingerprint density at radius 1 is 1.50 bits per heavy atom. The van der Waals surface area contributed by atoms with Crippen LogP contribution in [0.3, 0.4) is 0 Å². The van der Waals surface area contributed by atoms with Crippen molar-refractivity contribution in [2.24, 2.45) is 0 Å². The number of oxazole rings is 1. The molecule has 3 aromatic rings. The maximum absolute atomic E-state index is 11.9. The van der Waals surface area contributed by atoms with E-state index in [9.17, 15) is 9.59 Å². The lowest BCUT2D eigenvalue weighted by atomic mass is 10.3. The monoisotopic (exact) mass is 309 g/mol. The Balaban J connectivity index is 1.89. The molecule has 0 atom stereocenters. The molecule has 1 amide bonds. The predicted molar refractivity (Wildman–Crippen MR) is 76.2 cm³/mol. The van der Waals surface area contributed by atoms with E-state index >= 15 is 0 Å². The highest BCUT2D eigenvalue weighted by Gasteiger charge is 2.13. The summed E-state index contributed by atoms with van der Waals surface area (Å²) in [6.07, 6.45) is 1.59. The van der Waals surface area contributed by atoms with Gasteiger partial charge >= 0.3 is 5.76 Å². The zero-order valence-corrected chi connectivity index (χ0v) is 11.6. The fourth-order valence-electron chi connectivity index (χ4n) is 1.78. The van der Waals surface area contributed by atoms with Crippen LogP contribution in [0.25, 0.3) is 11.1 Å². The minimum atomic E-state index is -0.600. The third kappa shape index (κ3) is 2.45. The first-order valence-corrected chi connectivity index (χ1v) is 6.87. The molecule has 0 radical (unpaired) electrons. The molecule has 20 heavy (non-hydrogen) atoms. The number of halogens is 1. The summed E-state index contributed by atoms with van der Waals surface area (Å²) in [6, 6.07) is 4.81. The molecule has 0 spiro atoms. The van der Waals surface area contributed by atoms with Gasteiger partial charge in [-0.3, -0.25) is 9.36 Å². The van der Waals surface area contributed by atoms with Crippen LogP contribution >= 0.6 is 22.9 Å². The number of hydrogen-bond donors (Lipinski definition) is 1. The van der Waals surface area contributed by atoms with Crippen molar-refractivity contribution in [3.63, 3.8) is 0 Å². The molecule has 0 aliphatic heterocycles. The summed E-state index contributed by atoms with van der Waals surface area (Å²) in [5, 5.41) is 5.30. The zero-order chi connectivity index (χ0) is 14.1. The van der Waals surface area contributed by atoms with Crippen molar-refractivity contribution in [1.82, 2.24) is 9.55 Å². The maximum Gasteiger partial charge on any atom is 0.420 e. The Morgan fingerprint density at radius 3 is 3.10 bits per heavy atom. The highest BCUT2D eigenvalue weighted by molar-refractivity contribution is 7.13. The van der Waals surface area contributed by atoms with Crippen molar-refractivity contribution >= 4 is 45.1 Å². The number of carbonyl (C=O) groups is 1. The molecule has 0 aliphatic rings. The van der Waals surface area contributed by atoms with Crippen LogP contribution in [0.5, 0.6) is 0 Å². The topological polar surface area (TPSA) is 77.1 Å². The van der Waals surface area contributed by atoms with Gasteiger partial charge in [-0.2, -0.15) is 0 Å². The van der Waals surface area contributed by atoms with E-state index in [1.54, 1.807) is 23.7 Å². The van der Waals surface area contributed by atoms with Gasteiger partial charge in [-0.1, -0.05) is 11.6 Å². The molecule has 8 heteroatoms. The standard InChI is InChI=1S/C12H8ClN3O3S/c13-7-1-2-8-9(5-7)19-12(18)16(8)6-10(17)15-11-14-3-4-20-11/h1-5H,6H2,(H,14,15,17). The lowest BCUT2D eigenvalue weighted by Crippen LogP contribution is -2.24. The molecule has 102 valence electrons. The van der Waals surface area contributed by atoms with Crippen LogP contribution in [0.2, 0.25) is 5.02 Å². The van der Waals surface area contributed by atoms with Crippen LogP contribution < -0.4 is 11.1 Å². The Morgan fingerprint density at radius 2 is 2.35 bits per heavy atom. The second-order valence-electron chi connectivity index (χ2n) is 3.95. The third-order valence-corrected chi connectivity index (χ3v) is 3.53. The van der Waals surface area contributed by atoms with Crippen molar-refractivity contribution in [3.05, 3.63) is 45.3 Å². The van der Waals surface area contributed by atoms with Crippen LogP contribution in [0.15, 0.2) is 39.0 Å². The molecular formula is C12H8ClN3O3S. The highest BCUT2D eigenvalue weighted by Crippen LogP contribution is 2.18. The molecule has 1 aromatic carbocycles. The van der Waals surface area contributed by atoms with E-state index in [4.69, 9.17) is 16.0 Å². The van der Waals surface area contributed by atoms with E-state index in [0.717, 1.165) is 0 Å². The van der Waals surface area contributed by atoms with E-state index in [2.05, 4.69) is 10.3 Å². The number of benzene rings is 1. The minimum Gasteiger partial charge on any atom is -0.408 e. The van der Waals surface area contributed by atoms with Crippen LogP contribution in [0, 0.1) is 0 Å². The van der Waals surface area contributed by atoms with E-state index in [1.807, 2.05) is 0 Å². The molecule has 1 N–H and O–H groups in total. The van der Waals surface area contributed by atoms with Gasteiger partial charge in [0.1, 0.15) is 6.54 Å². The molecule has 3 rings (SSSR count). The van der Waals surface area contributed by atoms with Gasteiger partial charge in [-0.15, -0.1) is 11.3 Å². The number of anilines is 1. The number of aromatic nitrogens is 2. The fourth-order valence-corrected chi connectivity index (χ4v) is 2.48. The molecule has 0 saturated carbocycles. The largest absolute Gasteiger partial charge is 0.420 e. The van der Waals surface area contributed by atoms with Gasteiger partial charge in [0, 0.05) is 22.7 Å². The predicted octanol–water partition coefficient (Wildman–Crippen LogP) is 2.34. The van der Waals surface area contributed by atoms with Gasteiger partial charge in [-0.25, -0.2) is 9.78 Å². The van der Waals surface area contributed by atoms with Crippen LogP contribution in [-0.4, -0.2) is 15.5 Å². The van der Waals surface area contributed by atoms with Crippen molar-refractivity contribution < 1.29 is 9.21 Å². The first kappa shape index (κ1) is 12.9. The van der Waals surface area contributed by atoms with E-state index in [1.165, 1.54) is 22.0 Å². The number of hydrogen-bond acceptors (Lipinski definition) is 5. The molecule has 2 aromatic heterocycles.